The number of rotatable bonds is 3. The number of ether oxygens (including phenoxy) is 2. The van der Waals surface area contributed by atoms with Gasteiger partial charge in [-0.25, -0.2) is 0 Å². The molecule has 1 aliphatic heterocycles. The minimum atomic E-state index is -0.570. The van der Waals surface area contributed by atoms with E-state index < -0.39 is 5.79 Å². The first kappa shape index (κ1) is 14.3. The van der Waals surface area contributed by atoms with Gasteiger partial charge in [0.25, 0.3) is 5.91 Å². The third-order valence-electron chi connectivity index (χ3n) is 2.82. The van der Waals surface area contributed by atoms with Gasteiger partial charge in [-0.3, -0.25) is 4.79 Å². The quantitative estimate of drug-likeness (QED) is 0.831. The Kier molecular flexibility index (Phi) is 4.13. The number of halogens is 1. The van der Waals surface area contributed by atoms with Crippen LogP contribution in [0.15, 0.2) is 22.7 Å². The van der Waals surface area contributed by atoms with E-state index in [4.69, 9.17) is 15.2 Å². The van der Waals surface area contributed by atoms with Crippen LogP contribution in [-0.2, 0) is 9.47 Å². The summed E-state index contributed by atoms with van der Waals surface area (Å²) in [6.07, 6.45) is -0.115. The fourth-order valence-electron chi connectivity index (χ4n) is 1.84. The molecular weight excluding hydrogens is 312 g/mol. The summed E-state index contributed by atoms with van der Waals surface area (Å²) in [5.41, 5.74) is 6.83. The average molecular weight is 329 g/mol. The summed E-state index contributed by atoms with van der Waals surface area (Å²) in [5, 5.41) is 2.82. The standard InChI is InChI=1S/C13H17BrN2O3/c1-13(2)18-7-9(19-13)6-16-12(17)8-3-4-11(15)10(14)5-8/h3-5,9H,6-7,15H2,1-2H3,(H,16,17). The highest BCUT2D eigenvalue weighted by atomic mass is 79.9. The molecular formula is C13H17BrN2O3. The lowest BCUT2D eigenvalue weighted by Gasteiger charge is -2.17. The molecule has 0 radical (unpaired) electrons. The highest BCUT2D eigenvalue weighted by Crippen LogP contribution is 2.22. The number of nitrogens with one attached hydrogen (secondary N) is 1. The van der Waals surface area contributed by atoms with Crippen LogP contribution >= 0.6 is 15.9 Å². The Labute approximate surface area is 120 Å². The van der Waals surface area contributed by atoms with Crippen molar-refractivity contribution >= 4 is 27.5 Å². The number of amides is 1. The zero-order valence-corrected chi connectivity index (χ0v) is 12.5. The number of anilines is 1. The SMILES string of the molecule is CC1(C)OCC(CNC(=O)c2ccc(N)c(Br)c2)O1. The lowest BCUT2D eigenvalue weighted by atomic mass is 10.2. The van der Waals surface area contributed by atoms with Crippen molar-refractivity contribution in [1.82, 2.24) is 5.32 Å². The van der Waals surface area contributed by atoms with E-state index in [0.717, 1.165) is 0 Å². The second-order valence-corrected chi connectivity index (χ2v) is 5.75. The van der Waals surface area contributed by atoms with Crippen molar-refractivity contribution in [2.75, 3.05) is 18.9 Å². The first-order chi connectivity index (χ1) is 8.87. The molecule has 0 aromatic heterocycles. The van der Waals surface area contributed by atoms with Crippen LogP contribution in [0.5, 0.6) is 0 Å². The van der Waals surface area contributed by atoms with Gasteiger partial charge in [0.2, 0.25) is 0 Å². The molecule has 0 aliphatic carbocycles. The van der Waals surface area contributed by atoms with Crippen LogP contribution in [0.3, 0.4) is 0 Å². The highest BCUT2D eigenvalue weighted by Gasteiger charge is 2.32. The predicted molar refractivity (Wildman–Crippen MR) is 75.8 cm³/mol. The van der Waals surface area contributed by atoms with Crippen LogP contribution in [0.4, 0.5) is 5.69 Å². The van der Waals surface area contributed by atoms with E-state index in [-0.39, 0.29) is 12.0 Å². The topological polar surface area (TPSA) is 73.6 Å². The van der Waals surface area contributed by atoms with Gasteiger partial charge in [0, 0.05) is 22.3 Å². The van der Waals surface area contributed by atoms with E-state index in [2.05, 4.69) is 21.2 Å². The van der Waals surface area contributed by atoms with Crippen molar-refractivity contribution in [3.05, 3.63) is 28.2 Å². The van der Waals surface area contributed by atoms with Crippen molar-refractivity contribution in [3.8, 4) is 0 Å². The summed E-state index contributed by atoms with van der Waals surface area (Å²) in [7, 11) is 0. The highest BCUT2D eigenvalue weighted by molar-refractivity contribution is 9.10. The first-order valence-electron chi connectivity index (χ1n) is 6.02. The second kappa shape index (κ2) is 5.48. The summed E-state index contributed by atoms with van der Waals surface area (Å²) in [6.45, 7) is 4.61. The molecule has 2 rings (SSSR count). The van der Waals surface area contributed by atoms with Gasteiger partial charge in [-0.1, -0.05) is 0 Å². The summed E-state index contributed by atoms with van der Waals surface area (Å²) in [4.78, 5) is 12.0. The molecule has 6 heteroatoms. The van der Waals surface area contributed by atoms with Crippen LogP contribution in [0.1, 0.15) is 24.2 Å². The lowest BCUT2D eigenvalue weighted by molar-refractivity contribution is -0.137. The summed E-state index contributed by atoms with van der Waals surface area (Å²) >= 11 is 3.30. The van der Waals surface area contributed by atoms with Crippen LogP contribution < -0.4 is 11.1 Å². The number of carbonyl (C=O) groups is 1. The van der Waals surface area contributed by atoms with Gasteiger partial charge >= 0.3 is 0 Å². The molecule has 5 nitrogen and oxygen atoms in total. The molecule has 1 heterocycles. The van der Waals surface area contributed by atoms with Crippen LogP contribution in [0.2, 0.25) is 0 Å². The molecule has 0 spiro atoms. The van der Waals surface area contributed by atoms with Gasteiger partial charge in [0.1, 0.15) is 6.10 Å². The zero-order chi connectivity index (χ0) is 14.0. The Hall–Kier alpha value is -1.11. The second-order valence-electron chi connectivity index (χ2n) is 4.90. The van der Waals surface area contributed by atoms with E-state index in [0.29, 0.717) is 28.9 Å². The van der Waals surface area contributed by atoms with Crippen molar-refractivity contribution in [1.29, 1.82) is 0 Å². The minimum absolute atomic E-state index is 0.115. The summed E-state index contributed by atoms with van der Waals surface area (Å²) < 4.78 is 11.7. The molecule has 0 saturated carbocycles. The maximum atomic E-state index is 12.0. The van der Waals surface area contributed by atoms with Crippen LogP contribution in [-0.4, -0.2) is 30.9 Å². The Morgan fingerprint density at radius 1 is 1.58 bits per heavy atom. The summed E-state index contributed by atoms with van der Waals surface area (Å²) in [5.74, 6) is -0.728. The van der Waals surface area contributed by atoms with E-state index >= 15 is 0 Å². The van der Waals surface area contributed by atoms with Crippen molar-refractivity contribution < 1.29 is 14.3 Å². The molecule has 1 aromatic rings. The monoisotopic (exact) mass is 328 g/mol. The number of carbonyl (C=O) groups excluding carboxylic acids is 1. The van der Waals surface area contributed by atoms with Gasteiger partial charge in [0.15, 0.2) is 5.79 Å². The fourth-order valence-corrected chi connectivity index (χ4v) is 2.22. The molecule has 1 atom stereocenters. The van der Waals surface area contributed by atoms with Gasteiger partial charge in [-0.15, -0.1) is 0 Å². The van der Waals surface area contributed by atoms with Crippen molar-refractivity contribution in [2.45, 2.75) is 25.7 Å². The van der Waals surface area contributed by atoms with E-state index in [1.54, 1.807) is 18.2 Å². The van der Waals surface area contributed by atoms with Crippen LogP contribution in [0.25, 0.3) is 0 Å². The number of nitrogens with two attached hydrogens (primary N) is 1. The van der Waals surface area contributed by atoms with Gasteiger partial charge in [-0.05, 0) is 48.0 Å². The predicted octanol–water partition coefficient (Wildman–Crippen LogP) is 1.91. The molecule has 1 aliphatic rings. The van der Waals surface area contributed by atoms with Gasteiger partial charge < -0.3 is 20.5 Å². The molecule has 1 amide bonds. The minimum Gasteiger partial charge on any atom is -0.398 e. The van der Waals surface area contributed by atoms with Crippen molar-refractivity contribution in [3.63, 3.8) is 0 Å². The third kappa shape index (κ3) is 3.68. The maximum absolute atomic E-state index is 12.0. The van der Waals surface area contributed by atoms with E-state index in [1.807, 2.05) is 13.8 Å². The van der Waals surface area contributed by atoms with Crippen molar-refractivity contribution in [2.24, 2.45) is 0 Å². The average Bonchev–Trinajstić information content (AvgIpc) is 2.69. The molecule has 3 N–H and O–H groups in total. The smallest absolute Gasteiger partial charge is 0.251 e. The number of hydrogen-bond donors (Lipinski definition) is 2. The zero-order valence-electron chi connectivity index (χ0n) is 10.9. The Bertz CT molecular complexity index is 491. The maximum Gasteiger partial charge on any atom is 0.251 e. The van der Waals surface area contributed by atoms with Gasteiger partial charge in [0.05, 0.1) is 6.61 Å². The molecule has 19 heavy (non-hydrogen) atoms. The number of benzene rings is 1. The molecule has 1 aromatic carbocycles. The molecule has 1 unspecified atom stereocenters. The largest absolute Gasteiger partial charge is 0.398 e. The number of nitrogen functional groups attached to an aromatic ring is 1. The Morgan fingerprint density at radius 3 is 2.89 bits per heavy atom. The molecule has 0 bridgehead atoms. The third-order valence-corrected chi connectivity index (χ3v) is 3.51. The summed E-state index contributed by atoms with van der Waals surface area (Å²) in [6, 6.07) is 5.07. The van der Waals surface area contributed by atoms with Crippen LogP contribution in [0, 0.1) is 0 Å². The molecule has 1 fully saturated rings. The molecule has 104 valence electrons. The van der Waals surface area contributed by atoms with Gasteiger partial charge in [-0.2, -0.15) is 0 Å². The Balaban J connectivity index is 1.89. The van der Waals surface area contributed by atoms with E-state index in [1.165, 1.54) is 0 Å². The Morgan fingerprint density at radius 2 is 2.32 bits per heavy atom. The van der Waals surface area contributed by atoms with E-state index in [9.17, 15) is 4.79 Å². The normalized spacial score (nSPS) is 21.3. The lowest BCUT2D eigenvalue weighted by Crippen LogP contribution is -2.34. The molecule has 1 saturated heterocycles. The fraction of sp³-hybridized carbons (Fsp3) is 0.462. The number of hydrogen-bond acceptors (Lipinski definition) is 4. The first-order valence-corrected chi connectivity index (χ1v) is 6.82.